The predicted octanol–water partition coefficient (Wildman–Crippen LogP) is 4.31. The fourth-order valence-electron chi connectivity index (χ4n) is 2.60. The van der Waals surface area contributed by atoms with Crippen LogP contribution in [0.2, 0.25) is 5.02 Å². The molecule has 0 fully saturated rings. The smallest absolute Gasteiger partial charge is 0.264 e. The molecule has 1 aromatic heterocycles. The molecule has 0 saturated carbocycles. The van der Waals surface area contributed by atoms with Gasteiger partial charge in [-0.2, -0.15) is 4.98 Å². The Kier molecular flexibility index (Phi) is 3.97. The molecule has 128 valence electrons. The van der Waals surface area contributed by atoms with Crippen LogP contribution in [0.4, 0.5) is 0 Å². The molecule has 0 bridgehead atoms. The second-order valence-corrected chi connectivity index (χ2v) is 6.12. The van der Waals surface area contributed by atoms with Gasteiger partial charge in [-0.15, -0.1) is 0 Å². The van der Waals surface area contributed by atoms with Crippen LogP contribution in [0, 0.1) is 13.8 Å². The number of halogens is 1. The van der Waals surface area contributed by atoms with E-state index in [-0.39, 0.29) is 13.4 Å². The summed E-state index contributed by atoms with van der Waals surface area (Å²) in [4.78, 5) is 4.36. The molecular weight excluding hydrogens is 344 g/mol. The maximum absolute atomic E-state index is 6.16. The lowest BCUT2D eigenvalue weighted by Gasteiger charge is -2.08. The van der Waals surface area contributed by atoms with Crippen LogP contribution in [0.3, 0.4) is 0 Å². The fraction of sp³-hybridized carbons (Fsp3) is 0.222. The first-order chi connectivity index (χ1) is 12.1. The summed E-state index contributed by atoms with van der Waals surface area (Å²) in [7, 11) is 0. The van der Waals surface area contributed by atoms with Gasteiger partial charge in [-0.1, -0.05) is 16.8 Å². The quantitative estimate of drug-likeness (QED) is 0.692. The highest BCUT2D eigenvalue weighted by Crippen LogP contribution is 2.35. The van der Waals surface area contributed by atoms with Crippen molar-refractivity contribution in [1.29, 1.82) is 0 Å². The summed E-state index contributed by atoms with van der Waals surface area (Å²) in [6, 6.07) is 9.26. The maximum Gasteiger partial charge on any atom is 0.264 e. The van der Waals surface area contributed by atoms with Crippen LogP contribution in [-0.4, -0.2) is 16.9 Å². The molecule has 0 atom stereocenters. The van der Waals surface area contributed by atoms with Crippen LogP contribution in [0.5, 0.6) is 17.2 Å². The minimum Gasteiger partial charge on any atom is -0.484 e. The molecule has 0 amide bonds. The number of aromatic nitrogens is 2. The zero-order chi connectivity index (χ0) is 17.4. The first-order valence-corrected chi connectivity index (χ1v) is 8.10. The SMILES string of the molecule is Cc1cc(OCc2nc(-c3ccc4c(c3)OCO4)no2)cc(C)c1Cl. The summed E-state index contributed by atoms with van der Waals surface area (Å²) in [5, 5.41) is 4.74. The van der Waals surface area contributed by atoms with E-state index in [4.69, 9.17) is 30.3 Å². The van der Waals surface area contributed by atoms with E-state index >= 15 is 0 Å². The Labute approximate surface area is 149 Å². The molecule has 0 N–H and O–H groups in total. The van der Waals surface area contributed by atoms with Gasteiger partial charge in [-0.25, -0.2) is 0 Å². The van der Waals surface area contributed by atoms with E-state index in [1.54, 1.807) is 0 Å². The third-order valence-electron chi connectivity index (χ3n) is 3.87. The fourth-order valence-corrected chi connectivity index (χ4v) is 2.71. The van der Waals surface area contributed by atoms with E-state index in [2.05, 4.69) is 10.1 Å². The molecule has 0 spiro atoms. The minimum absolute atomic E-state index is 0.179. The van der Waals surface area contributed by atoms with Gasteiger partial charge in [-0.3, -0.25) is 0 Å². The molecule has 0 unspecified atom stereocenters. The molecule has 25 heavy (non-hydrogen) atoms. The Bertz CT molecular complexity index is 916. The van der Waals surface area contributed by atoms with Gasteiger partial charge in [0.25, 0.3) is 5.89 Å². The van der Waals surface area contributed by atoms with Crippen molar-refractivity contribution in [1.82, 2.24) is 10.1 Å². The third-order valence-corrected chi connectivity index (χ3v) is 4.47. The van der Waals surface area contributed by atoms with Crippen molar-refractivity contribution in [2.24, 2.45) is 0 Å². The molecule has 0 saturated heterocycles. The Morgan fingerprint density at radius 2 is 1.84 bits per heavy atom. The van der Waals surface area contributed by atoms with Gasteiger partial charge in [0.05, 0.1) is 0 Å². The Morgan fingerprint density at radius 1 is 1.08 bits per heavy atom. The highest BCUT2D eigenvalue weighted by Gasteiger charge is 2.16. The van der Waals surface area contributed by atoms with Crippen molar-refractivity contribution in [2.75, 3.05) is 6.79 Å². The predicted molar refractivity (Wildman–Crippen MR) is 91.1 cm³/mol. The third kappa shape index (κ3) is 3.13. The van der Waals surface area contributed by atoms with Gasteiger partial charge < -0.3 is 18.7 Å². The number of fused-ring (bicyclic) bond motifs is 1. The van der Waals surface area contributed by atoms with E-state index in [1.165, 1.54) is 0 Å². The van der Waals surface area contributed by atoms with Gasteiger partial charge in [0.1, 0.15) is 5.75 Å². The standard InChI is InChI=1S/C18H15ClN2O4/c1-10-5-13(6-11(2)17(10)19)22-8-16-20-18(21-25-16)12-3-4-14-15(7-12)24-9-23-14/h3-7H,8-9H2,1-2H3. The second kappa shape index (κ2) is 6.29. The van der Waals surface area contributed by atoms with Crippen molar-refractivity contribution < 1.29 is 18.7 Å². The van der Waals surface area contributed by atoms with E-state index in [0.717, 1.165) is 21.7 Å². The number of ether oxygens (including phenoxy) is 3. The molecule has 2 aromatic carbocycles. The summed E-state index contributed by atoms with van der Waals surface area (Å²) in [6.45, 7) is 4.28. The molecule has 7 heteroatoms. The number of aryl methyl sites for hydroxylation is 2. The molecule has 0 radical (unpaired) electrons. The first-order valence-electron chi connectivity index (χ1n) is 7.72. The molecular formula is C18H15ClN2O4. The summed E-state index contributed by atoms with van der Waals surface area (Å²) in [5.41, 5.74) is 2.71. The molecule has 0 aliphatic carbocycles. The number of hydrogen-bond acceptors (Lipinski definition) is 6. The van der Waals surface area contributed by atoms with Crippen LogP contribution in [0.1, 0.15) is 17.0 Å². The van der Waals surface area contributed by atoms with Gasteiger partial charge in [0, 0.05) is 10.6 Å². The largest absolute Gasteiger partial charge is 0.484 e. The molecule has 6 nitrogen and oxygen atoms in total. The zero-order valence-electron chi connectivity index (χ0n) is 13.7. The summed E-state index contributed by atoms with van der Waals surface area (Å²) < 4.78 is 21.6. The van der Waals surface area contributed by atoms with E-state index in [0.29, 0.717) is 29.0 Å². The van der Waals surface area contributed by atoms with Crippen molar-refractivity contribution in [3.63, 3.8) is 0 Å². The van der Waals surface area contributed by atoms with E-state index in [1.807, 2.05) is 44.2 Å². The van der Waals surface area contributed by atoms with E-state index < -0.39 is 0 Å². The second-order valence-electron chi connectivity index (χ2n) is 5.74. The molecule has 1 aliphatic heterocycles. The van der Waals surface area contributed by atoms with E-state index in [9.17, 15) is 0 Å². The van der Waals surface area contributed by atoms with Gasteiger partial charge >= 0.3 is 0 Å². The highest BCUT2D eigenvalue weighted by atomic mass is 35.5. The number of nitrogens with zero attached hydrogens (tertiary/aromatic N) is 2. The van der Waals surface area contributed by atoms with Gasteiger partial charge in [0.2, 0.25) is 12.6 Å². The van der Waals surface area contributed by atoms with Crippen molar-refractivity contribution >= 4 is 11.6 Å². The Hall–Kier alpha value is -2.73. The molecule has 4 rings (SSSR count). The average molecular weight is 359 g/mol. The van der Waals surface area contributed by atoms with Crippen molar-refractivity contribution in [2.45, 2.75) is 20.5 Å². The number of rotatable bonds is 4. The minimum atomic E-state index is 0.179. The van der Waals surface area contributed by atoms with Gasteiger partial charge in [-0.05, 0) is 55.3 Å². The Balaban J connectivity index is 1.48. The van der Waals surface area contributed by atoms with Crippen molar-refractivity contribution in [3.05, 3.63) is 52.4 Å². The highest BCUT2D eigenvalue weighted by molar-refractivity contribution is 6.32. The van der Waals surface area contributed by atoms with Crippen LogP contribution >= 0.6 is 11.6 Å². The van der Waals surface area contributed by atoms with Crippen LogP contribution < -0.4 is 14.2 Å². The monoisotopic (exact) mass is 358 g/mol. The van der Waals surface area contributed by atoms with Crippen molar-refractivity contribution in [3.8, 4) is 28.6 Å². The van der Waals surface area contributed by atoms with Crippen LogP contribution in [-0.2, 0) is 6.61 Å². The molecule has 3 aromatic rings. The lowest BCUT2D eigenvalue weighted by Crippen LogP contribution is -1.97. The Morgan fingerprint density at radius 3 is 2.64 bits per heavy atom. The maximum atomic E-state index is 6.16. The first kappa shape index (κ1) is 15.8. The average Bonchev–Trinajstić information content (AvgIpc) is 3.26. The lowest BCUT2D eigenvalue weighted by molar-refractivity contribution is 0.174. The topological polar surface area (TPSA) is 66.6 Å². The summed E-state index contributed by atoms with van der Waals surface area (Å²) in [6.07, 6.45) is 0. The van der Waals surface area contributed by atoms with Gasteiger partial charge in [0.15, 0.2) is 18.1 Å². The van der Waals surface area contributed by atoms with Crippen LogP contribution in [0.25, 0.3) is 11.4 Å². The number of benzene rings is 2. The zero-order valence-corrected chi connectivity index (χ0v) is 14.5. The molecule has 2 heterocycles. The number of hydrogen-bond donors (Lipinski definition) is 0. The van der Waals surface area contributed by atoms with Crippen LogP contribution in [0.15, 0.2) is 34.9 Å². The molecule has 1 aliphatic rings. The lowest BCUT2D eigenvalue weighted by atomic mass is 10.1. The summed E-state index contributed by atoms with van der Waals surface area (Å²) >= 11 is 6.16. The summed E-state index contributed by atoms with van der Waals surface area (Å²) in [5.74, 6) is 2.96. The normalized spacial score (nSPS) is 12.4.